The third-order valence-electron chi connectivity index (χ3n) is 2.72. The van der Waals surface area contributed by atoms with Crippen molar-refractivity contribution in [2.45, 2.75) is 33.2 Å². The zero-order valence-electron chi connectivity index (χ0n) is 10.6. The molecule has 0 radical (unpaired) electrons. The first-order chi connectivity index (χ1) is 8.02. The van der Waals surface area contributed by atoms with Crippen LogP contribution in [-0.2, 0) is 0 Å². The Labute approximate surface area is 109 Å². The van der Waals surface area contributed by atoms with E-state index >= 15 is 0 Å². The summed E-state index contributed by atoms with van der Waals surface area (Å²) >= 11 is 5.82. The van der Waals surface area contributed by atoms with Crippen LogP contribution in [0.4, 0.5) is 5.69 Å². The SMILES string of the molecule is CC(C)CC(C)C(C#N)Nc1ccc(Cl)cc1. The number of benzene rings is 1. The first-order valence-electron chi connectivity index (χ1n) is 5.94. The minimum atomic E-state index is -0.154. The molecular formula is C14H19ClN2. The highest BCUT2D eigenvalue weighted by molar-refractivity contribution is 6.30. The maximum Gasteiger partial charge on any atom is 0.117 e. The van der Waals surface area contributed by atoms with Crippen molar-refractivity contribution in [1.29, 1.82) is 5.26 Å². The Morgan fingerprint density at radius 2 is 1.82 bits per heavy atom. The molecule has 1 aromatic carbocycles. The maximum absolute atomic E-state index is 9.19. The molecule has 3 heteroatoms. The molecule has 0 aliphatic heterocycles. The molecule has 0 bridgehead atoms. The van der Waals surface area contributed by atoms with Crippen molar-refractivity contribution in [1.82, 2.24) is 0 Å². The second-order valence-corrected chi connectivity index (χ2v) is 5.30. The molecular weight excluding hydrogens is 232 g/mol. The van der Waals surface area contributed by atoms with Crippen LogP contribution in [0.15, 0.2) is 24.3 Å². The predicted molar refractivity (Wildman–Crippen MR) is 73.1 cm³/mol. The lowest BCUT2D eigenvalue weighted by Crippen LogP contribution is -2.26. The first kappa shape index (κ1) is 13.9. The fraction of sp³-hybridized carbons (Fsp3) is 0.500. The number of halogens is 1. The monoisotopic (exact) mass is 250 g/mol. The van der Waals surface area contributed by atoms with Gasteiger partial charge in [0.2, 0.25) is 0 Å². The standard InChI is InChI=1S/C14H19ClN2/c1-10(2)8-11(3)14(9-16)17-13-6-4-12(15)5-7-13/h4-7,10-11,14,17H,8H2,1-3H3. The highest BCUT2D eigenvalue weighted by Gasteiger charge is 2.17. The summed E-state index contributed by atoms with van der Waals surface area (Å²) in [6.07, 6.45) is 1.04. The molecule has 2 nitrogen and oxygen atoms in total. The maximum atomic E-state index is 9.19. The van der Waals surface area contributed by atoms with Crippen LogP contribution in [0.5, 0.6) is 0 Å². The van der Waals surface area contributed by atoms with Crippen LogP contribution in [0.2, 0.25) is 5.02 Å². The van der Waals surface area contributed by atoms with Crippen molar-refractivity contribution in [3.63, 3.8) is 0 Å². The van der Waals surface area contributed by atoms with Crippen LogP contribution in [0.3, 0.4) is 0 Å². The summed E-state index contributed by atoms with van der Waals surface area (Å²) in [5.74, 6) is 0.934. The van der Waals surface area contributed by atoms with Crippen molar-refractivity contribution in [3.8, 4) is 6.07 Å². The smallest absolute Gasteiger partial charge is 0.117 e. The summed E-state index contributed by atoms with van der Waals surface area (Å²) in [6.45, 7) is 6.46. The highest BCUT2D eigenvalue weighted by Crippen LogP contribution is 2.20. The summed E-state index contributed by atoms with van der Waals surface area (Å²) in [5.41, 5.74) is 0.941. The number of nitrogens with one attached hydrogen (secondary N) is 1. The Hall–Kier alpha value is -1.20. The van der Waals surface area contributed by atoms with E-state index in [1.807, 2.05) is 24.3 Å². The molecule has 1 aromatic rings. The lowest BCUT2D eigenvalue weighted by atomic mass is 9.92. The zero-order chi connectivity index (χ0) is 12.8. The van der Waals surface area contributed by atoms with Gasteiger partial charge in [0, 0.05) is 10.7 Å². The van der Waals surface area contributed by atoms with Crippen molar-refractivity contribution in [2.75, 3.05) is 5.32 Å². The molecule has 0 amide bonds. The molecule has 0 saturated carbocycles. The Morgan fingerprint density at radius 1 is 1.24 bits per heavy atom. The topological polar surface area (TPSA) is 35.8 Å². The molecule has 0 saturated heterocycles. The lowest BCUT2D eigenvalue weighted by Gasteiger charge is -2.21. The predicted octanol–water partition coefficient (Wildman–Crippen LogP) is 4.33. The number of hydrogen-bond donors (Lipinski definition) is 1. The third kappa shape index (κ3) is 4.66. The average Bonchev–Trinajstić information content (AvgIpc) is 2.27. The Morgan fingerprint density at radius 3 is 2.29 bits per heavy atom. The molecule has 0 heterocycles. The van der Waals surface area contributed by atoms with Gasteiger partial charge in [0.05, 0.1) is 6.07 Å². The van der Waals surface area contributed by atoms with Gasteiger partial charge in [0.15, 0.2) is 0 Å². The summed E-state index contributed by atoms with van der Waals surface area (Å²) in [7, 11) is 0. The van der Waals surface area contributed by atoms with Gasteiger partial charge < -0.3 is 5.32 Å². The normalized spacial score (nSPS) is 14.1. The van der Waals surface area contributed by atoms with E-state index < -0.39 is 0 Å². The lowest BCUT2D eigenvalue weighted by molar-refractivity contribution is 0.424. The summed E-state index contributed by atoms with van der Waals surface area (Å²) in [5, 5.41) is 13.1. The summed E-state index contributed by atoms with van der Waals surface area (Å²) < 4.78 is 0. The van der Waals surface area contributed by atoms with E-state index in [0.717, 1.165) is 12.1 Å². The molecule has 0 spiro atoms. The van der Waals surface area contributed by atoms with Gasteiger partial charge in [0.1, 0.15) is 6.04 Å². The van der Waals surface area contributed by atoms with Crippen LogP contribution < -0.4 is 5.32 Å². The average molecular weight is 251 g/mol. The third-order valence-corrected chi connectivity index (χ3v) is 2.97. The number of rotatable bonds is 5. The van der Waals surface area contributed by atoms with Gasteiger partial charge in [0.25, 0.3) is 0 Å². The number of nitrogens with zero attached hydrogens (tertiary/aromatic N) is 1. The Bertz CT molecular complexity index is 378. The van der Waals surface area contributed by atoms with Crippen LogP contribution >= 0.6 is 11.6 Å². The number of hydrogen-bond acceptors (Lipinski definition) is 2. The van der Waals surface area contributed by atoms with Crippen molar-refractivity contribution in [3.05, 3.63) is 29.3 Å². The quantitative estimate of drug-likeness (QED) is 0.845. The van der Waals surface area contributed by atoms with Crippen molar-refractivity contribution >= 4 is 17.3 Å². The van der Waals surface area contributed by atoms with Crippen LogP contribution in [0, 0.1) is 23.2 Å². The van der Waals surface area contributed by atoms with Gasteiger partial charge in [-0.25, -0.2) is 0 Å². The van der Waals surface area contributed by atoms with Crippen molar-refractivity contribution < 1.29 is 0 Å². The van der Waals surface area contributed by atoms with Gasteiger partial charge in [-0.2, -0.15) is 5.26 Å². The molecule has 0 aromatic heterocycles. The van der Waals surface area contributed by atoms with Crippen LogP contribution in [-0.4, -0.2) is 6.04 Å². The molecule has 0 aliphatic carbocycles. The van der Waals surface area contributed by atoms with E-state index in [2.05, 4.69) is 32.2 Å². The first-order valence-corrected chi connectivity index (χ1v) is 6.32. The molecule has 1 N–H and O–H groups in total. The highest BCUT2D eigenvalue weighted by atomic mass is 35.5. The van der Waals surface area contributed by atoms with E-state index in [1.165, 1.54) is 0 Å². The van der Waals surface area contributed by atoms with Gasteiger partial charge >= 0.3 is 0 Å². The molecule has 0 fully saturated rings. The molecule has 17 heavy (non-hydrogen) atoms. The van der Waals surface area contributed by atoms with Gasteiger partial charge in [-0.05, 0) is 42.5 Å². The largest absolute Gasteiger partial charge is 0.370 e. The van der Waals surface area contributed by atoms with Crippen LogP contribution in [0.1, 0.15) is 27.2 Å². The minimum Gasteiger partial charge on any atom is -0.370 e. The van der Waals surface area contributed by atoms with E-state index in [4.69, 9.17) is 11.6 Å². The van der Waals surface area contributed by atoms with E-state index in [1.54, 1.807) is 0 Å². The van der Waals surface area contributed by atoms with Crippen LogP contribution in [0.25, 0.3) is 0 Å². The molecule has 2 unspecified atom stereocenters. The van der Waals surface area contributed by atoms with Crippen molar-refractivity contribution in [2.24, 2.45) is 11.8 Å². The Kier molecular flexibility index (Phi) is 5.31. The van der Waals surface area contributed by atoms with E-state index in [-0.39, 0.29) is 6.04 Å². The summed E-state index contributed by atoms with van der Waals surface area (Å²) in [4.78, 5) is 0. The fourth-order valence-corrected chi connectivity index (χ4v) is 2.03. The molecule has 0 aliphatic rings. The van der Waals surface area contributed by atoms with Gasteiger partial charge in [-0.15, -0.1) is 0 Å². The second-order valence-electron chi connectivity index (χ2n) is 4.86. The van der Waals surface area contributed by atoms with E-state index in [9.17, 15) is 5.26 Å². The van der Waals surface area contributed by atoms with Gasteiger partial charge in [-0.1, -0.05) is 32.4 Å². The number of anilines is 1. The number of nitriles is 1. The molecule has 1 rings (SSSR count). The minimum absolute atomic E-state index is 0.154. The zero-order valence-corrected chi connectivity index (χ0v) is 11.3. The van der Waals surface area contributed by atoms with Gasteiger partial charge in [-0.3, -0.25) is 0 Å². The fourth-order valence-electron chi connectivity index (χ4n) is 1.91. The Balaban J connectivity index is 2.64. The molecule has 92 valence electrons. The molecule has 2 atom stereocenters. The summed E-state index contributed by atoms with van der Waals surface area (Å²) in [6, 6.07) is 9.62. The van der Waals surface area contributed by atoms with E-state index in [0.29, 0.717) is 16.9 Å². The second kappa shape index (κ2) is 6.51.